The van der Waals surface area contributed by atoms with Gasteiger partial charge >= 0.3 is 0 Å². The van der Waals surface area contributed by atoms with E-state index < -0.39 is 0 Å². The zero-order valence-electron chi connectivity index (χ0n) is 10.5. The highest BCUT2D eigenvalue weighted by atomic mass is 32.2. The van der Waals surface area contributed by atoms with Gasteiger partial charge in [-0.15, -0.1) is 11.8 Å². The normalized spacial score (nSPS) is 10.2. The lowest BCUT2D eigenvalue weighted by Crippen LogP contribution is -2.13. The third-order valence-corrected chi connectivity index (χ3v) is 3.29. The van der Waals surface area contributed by atoms with Crippen molar-refractivity contribution in [2.45, 2.75) is 11.6 Å². The molecule has 0 bridgehead atoms. The van der Waals surface area contributed by atoms with E-state index >= 15 is 0 Å². The summed E-state index contributed by atoms with van der Waals surface area (Å²) in [6.07, 6.45) is 3.54. The fraction of sp³-hybridized carbons (Fsp3) is 0.143. The topological polar surface area (TPSA) is 62.2 Å². The molecule has 0 aliphatic carbocycles. The maximum Gasteiger partial charge on any atom is 0.258 e. The molecule has 0 aliphatic rings. The molecule has 0 fully saturated rings. The van der Waals surface area contributed by atoms with Gasteiger partial charge in [0.05, 0.1) is 12.2 Å². The molecule has 0 aliphatic heterocycles. The van der Waals surface area contributed by atoms with E-state index in [0.29, 0.717) is 16.3 Å². The molecule has 2 aromatic rings. The molecule has 0 saturated carbocycles. The molecular formula is C14H14N2O2S. The fourth-order valence-corrected chi connectivity index (χ4v) is 2.22. The van der Waals surface area contributed by atoms with Gasteiger partial charge in [0, 0.05) is 11.9 Å². The van der Waals surface area contributed by atoms with Crippen molar-refractivity contribution >= 4 is 23.4 Å². The third-order valence-electron chi connectivity index (χ3n) is 2.58. The summed E-state index contributed by atoms with van der Waals surface area (Å²) in [5, 5.41) is 12.6. The highest BCUT2D eigenvalue weighted by Crippen LogP contribution is 2.19. The number of aliphatic hydroxyl groups excluding tert-OH is 1. The van der Waals surface area contributed by atoms with Crippen LogP contribution in [-0.2, 0) is 6.61 Å². The van der Waals surface area contributed by atoms with Crippen molar-refractivity contribution in [3.05, 3.63) is 53.7 Å². The average molecular weight is 274 g/mol. The molecule has 4 nitrogen and oxygen atoms in total. The van der Waals surface area contributed by atoms with Gasteiger partial charge in [0.25, 0.3) is 5.91 Å². The maximum absolute atomic E-state index is 12.2. The number of aromatic nitrogens is 1. The van der Waals surface area contributed by atoms with Crippen molar-refractivity contribution < 1.29 is 9.90 Å². The van der Waals surface area contributed by atoms with E-state index in [1.54, 1.807) is 42.6 Å². The fourth-order valence-electron chi connectivity index (χ4n) is 1.67. The van der Waals surface area contributed by atoms with Crippen molar-refractivity contribution in [2.75, 3.05) is 11.6 Å². The number of carbonyl (C=O) groups excluding carboxylic acids is 1. The first-order chi connectivity index (χ1) is 9.24. The maximum atomic E-state index is 12.2. The first-order valence-corrected chi connectivity index (χ1v) is 6.97. The predicted molar refractivity (Wildman–Crippen MR) is 76.3 cm³/mol. The zero-order chi connectivity index (χ0) is 13.7. The summed E-state index contributed by atoms with van der Waals surface area (Å²) in [7, 11) is 0. The summed E-state index contributed by atoms with van der Waals surface area (Å²) in [6.45, 7) is -0.0489. The van der Waals surface area contributed by atoms with E-state index in [1.165, 1.54) is 11.8 Å². The molecule has 0 spiro atoms. The Hall–Kier alpha value is -1.85. The molecule has 2 N–H and O–H groups in total. The van der Waals surface area contributed by atoms with Crippen LogP contribution in [0.2, 0.25) is 0 Å². The summed E-state index contributed by atoms with van der Waals surface area (Å²) in [5.74, 6) is -0.201. The van der Waals surface area contributed by atoms with Gasteiger partial charge in [-0.25, -0.2) is 4.98 Å². The summed E-state index contributed by atoms with van der Waals surface area (Å²) >= 11 is 1.43. The second kappa shape index (κ2) is 6.36. The third kappa shape index (κ3) is 3.33. The average Bonchev–Trinajstić information content (AvgIpc) is 2.47. The molecular weight excluding hydrogens is 260 g/mol. The van der Waals surface area contributed by atoms with Crippen LogP contribution in [0, 0.1) is 0 Å². The van der Waals surface area contributed by atoms with Crippen LogP contribution < -0.4 is 5.32 Å². The van der Waals surface area contributed by atoms with Gasteiger partial charge in [0.1, 0.15) is 5.03 Å². The number of aliphatic hydroxyl groups is 1. The van der Waals surface area contributed by atoms with E-state index in [0.717, 1.165) is 5.56 Å². The van der Waals surface area contributed by atoms with E-state index in [9.17, 15) is 4.79 Å². The molecule has 98 valence electrons. The Kier molecular flexibility index (Phi) is 4.54. The monoisotopic (exact) mass is 274 g/mol. The van der Waals surface area contributed by atoms with Gasteiger partial charge in [0.2, 0.25) is 0 Å². The Labute approximate surface area is 115 Å². The van der Waals surface area contributed by atoms with Crippen LogP contribution in [0.15, 0.2) is 47.6 Å². The second-order valence-electron chi connectivity index (χ2n) is 3.87. The highest BCUT2D eigenvalue weighted by Gasteiger charge is 2.11. The Morgan fingerprint density at radius 3 is 2.95 bits per heavy atom. The molecule has 5 heteroatoms. The molecule has 0 saturated heterocycles. The van der Waals surface area contributed by atoms with Crippen molar-refractivity contribution in [3.63, 3.8) is 0 Å². The van der Waals surface area contributed by atoms with E-state index in [4.69, 9.17) is 5.11 Å². The Morgan fingerprint density at radius 1 is 1.37 bits per heavy atom. The Bertz CT molecular complexity index is 587. The number of hydrogen-bond acceptors (Lipinski definition) is 4. The molecule has 0 radical (unpaired) electrons. The lowest BCUT2D eigenvalue weighted by atomic mass is 10.2. The lowest BCUT2D eigenvalue weighted by molar-refractivity contribution is 0.102. The number of amides is 1. The Morgan fingerprint density at radius 2 is 2.21 bits per heavy atom. The number of nitrogens with zero attached hydrogens (tertiary/aromatic N) is 1. The van der Waals surface area contributed by atoms with Crippen LogP contribution in [0.25, 0.3) is 0 Å². The van der Waals surface area contributed by atoms with E-state index in [1.807, 2.05) is 6.26 Å². The molecule has 1 amide bonds. The Balaban J connectivity index is 2.20. The number of anilines is 1. The molecule has 0 unspecified atom stereocenters. The molecule has 2 rings (SSSR count). The van der Waals surface area contributed by atoms with Gasteiger partial charge in [-0.2, -0.15) is 0 Å². The first-order valence-electron chi connectivity index (χ1n) is 5.74. The minimum Gasteiger partial charge on any atom is -0.392 e. The van der Waals surface area contributed by atoms with Crippen molar-refractivity contribution in [2.24, 2.45) is 0 Å². The van der Waals surface area contributed by atoms with Gasteiger partial charge in [-0.05, 0) is 36.1 Å². The summed E-state index contributed by atoms with van der Waals surface area (Å²) in [6, 6.07) is 10.6. The number of pyridine rings is 1. The van der Waals surface area contributed by atoms with Crippen LogP contribution in [0.4, 0.5) is 5.69 Å². The quantitative estimate of drug-likeness (QED) is 0.841. The number of thioether (sulfide) groups is 1. The van der Waals surface area contributed by atoms with Crippen molar-refractivity contribution in [1.82, 2.24) is 4.98 Å². The standard InChI is InChI=1S/C14H14N2O2S/c1-19-14-12(6-3-7-15-14)13(18)16-11-5-2-4-10(8-11)9-17/h2-8,17H,9H2,1H3,(H,16,18). The number of rotatable bonds is 4. The minimum atomic E-state index is -0.201. The van der Waals surface area contributed by atoms with Crippen LogP contribution in [0.3, 0.4) is 0 Å². The molecule has 1 aromatic heterocycles. The van der Waals surface area contributed by atoms with E-state index in [-0.39, 0.29) is 12.5 Å². The van der Waals surface area contributed by atoms with Crippen molar-refractivity contribution in [3.8, 4) is 0 Å². The molecule has 0 atom stereocenters. The van der Waals surface area contributed by atoms with Crippen LogP contribution >= 0.6 is 11.8 Å². The largest absolute Gasteiger partial charge is 0.392 e. The number of carbonyl (C=O) groups is 1. The van der Waals surface area contributed by atoms with Crippen molar-refractivity contribution in [1.29, 1.82) is 0 Å². The summed E-state index contributed by atoms with van der Waals surface area (Å²) < 4.78 is 0. The van der Waals surface area contributed by atoms with Gasteiger partial charge in [0.15, 0.2) is 0 Å². The van der Waals surface area contributed by atoms with Gasteiger partial charge in [-0.3, -0.25) is 4.79 Å². The molecule has 1 aromatic carbocycles. The van der Waals surface area contributed by atoms with Crippen LogP contribution in [0.1, 0.15) is 15.9 Å². The van der Waals surface area contributed by atoms with E-state index in [2.05, 4.69) is 10.3 Å². The number of benzene rings is 1. The second-order valence-corrected chi connectivity index (χ2v) is 4.67. The smallest absolute Gasteiger partial charge is 0.258 e. The molecule has 1 heterocycles. The number of hydrogen-bond donors (Lipinski definition) is 2. The SMILES string of the molecule is CSc1ncccc1C(=O)Nc1cccc(CO)c1. The van der Waals surface area contributed by atoms with Gasteiger partial charge < -0.3 is 10.4 Å². The summed E-state index contributed by atoms with van der Waals surface area (Å²) in [5.41, 5.74) is 1.96. The van der Waals surface area contributed by atoms with Crippen LogP contribution in [-0.4, -0.2) is 22.3 Å². The minimum absolute atomic E-state index is 0.0489. The molecule has 19 heavy (non-hydrogen) atoms. The zero-order valence-corrected chi connectivity index (χ0v) is 11.3. The lowest BCUT2D eigenvalue weighted by Gasteiger charge is -2.08. The first kappa shape index (κ1) is 13.6. The summed E-state index contributed by atoms with van der Waals surface area (Å²) in [4.78, 5) is 16.3. The van der Waals surface area contributed by atoms with Gasteiger partial charge in [-0.1, -0.05) is 12.1 Å². The van der Waals surface area contributed by atoms with Crippen LogP contribution in [0.5, 0.6) is 0 Å². The predicted octanol–water partition coefficient (Wildman–Crippen LogP) is 2.55. The number of nitrogens with one attached hydrogen (secondary N) is 1. The highest BCUT2D eigenvalue weighted by molar-refractivity contribution is 7.98.